The Morgan fingerprint density at radius 1 is 1.05 bits per heavy atom. The van der Waals surface area contributed by atoms with Gasteiger partial charge in [-0.2, -0.15) is 4.98 Å². The lowest BCUT2D eigenvalue weighted by Gasteiger charge is -2.06. The second-order valence-electron chi connectivity index (χ2n) is 4.45. The standard InChI is InChI=1S/C15H12N2O3/c1-9-7-14(17-10(2)16-9)19-12-5-3-11-4-6-15(18)20-13(11)8-12/h3-8H,1-2H3. The molecule has 1 aromatic carbocycles. The molecule has 0 atom stereocenters. The van der Waals surface area contributed by atoms with Crippen LogP contribution in [0.4, 0.5) is 0 Å². The highest BCUT2D eigenvalue weighted by atomic mass is 16.5. The fourth-order valence-corrected chi connectivity index (χ4v) is 1.96. The zero-order valence-corrected chi connectivity index (χ0v) is 11.1. The molecule has 0 fully saturated rings. The van der Waals surface area contributed by atoms with E-state index in [9.17, 15) is 4.79 Å². The normalized spacial score (nSPS) is 10.7. The molecule has 2 heterocycles. The lowest BCUT2D eigenvalue weighted by atomic mass is 10.2. The number of hydrogen-bond donors (Lipinski definition) is 0. The van der Waals surface area contributed by atoms with E-state index in [1.165, 1.54) is 6.07 Å². The maximum Gasteiger partial charge on any atom is 0.336 e. The van der Waals surface area contributed by atoms with Gasteiger partial charge in [0, 0.05) is 29.3 Å². The number of aryl methyl sites for hydroxylation is 2. The van der Waals surface area contributed by atoms with Crippen molar-refractivity contribution in [1.82, 2.24) is 9.97 Å². The predicted molar refractivity (Wildman–Crippen MR) is 74.1 cm³/mol. The third kappa shape index (κ3) is 2.51. The van der Waals surface area contributed by atoms with Gasteiger partial charge in [0.1, 0.15) is 17.2 Å². The Balaban J connectivity index is 2.00. The Morgan fingerprint density at radius 2 is 1.85 bits per heavy atom. The van der Waals surface area contributed by atoms with Gasteiger partial charge in [0.2, 0.25) is 5.88 Å². The molecule has 0 amide bonds. The summed E-state index contributed by atoms with van der Waals surface area (Å²) < 4.78 is 10.8. The SMILES string of the molecule is Cc1cc(Oc2ccc3ccc(=O)oc3c2)nc(C)n1. The maximum atomic E-state index is 11.2. The van der Waals surface area contributed by atoms with Gasteiger partial charge in [0.25, 0.3) is 0 Å². The summed E-state index contributed by atoms with van der Waals surface area (Å²) in [6, 6.07) is 10.1. The topological polar surface area (TPSA) is 65.2 Å². The Labute approximate surface area is 114 Å². The van der Waals surface area contributed by atoms with Gasteiger partial charge in [-0.15, -0.1) is 0 Å². The first kappa shape index (κ1) is 12.3. The van der Waals surface area contributed by atoms with Gasteiger partial charge in [-0.1, -0.05) is 0 Å². The van der Waals surface area contributed by atoms with Gasteiger partial charge < -0.3 is 9.15 Å². The third-order valence-electron chi connectivity index (χ3n) is 2.76. The molecule has 0 bridgehead atoms. The highest BCUT2D eigenvalue weighted by Crippen LogP contribution is 2.24. The number of ether oxygens (including phenoxy) is 1. The predicted octanol–water partition coefficient (Wildman–Crippen LogP) is 2.99. The molecule has 0 N–H and O–H groups in total. The molecule has 20 heavy (non-hydrogen) atoms. The first-order valence-electron chi connectivity index (χ1n) is 6.14. The zero-order valence-electron chi connectivity index (χ0n) is 11.1. The van der Waals surface area contributed by atoms with E-state index in [-0.39, 0.29) is 5.63 Å². The van der Waals surface area contributed by atoms with E-state index in [4.69, 9.17) is 9.15 Å². The van der Waals surface area contributed by atoms with Gasteiger partial charge in [-0.25, -0.2) is 9.78 Å². The summed E-state index contributed by atoms with van der Waals surface area (Å²) in [5.74, 6) is 1.67. The van der Waals surface area contributed by atoms with Gasteiger partial charge in [0.15, 0.2) is 0 Å². The summed E-state index contributed by atoms with van der Waals surface area (Å²) in [6.45, 7) is 3.68. The van der Waals surface area contributed by atoms with Crippen molar-refractivity contribution in [3.63, 3.8) is 0 Å². The summed E-state index contributed by atoms with van der Waals surface area (Å²) in [4.78, 5) is 19.6. The van der Waals surface area contributed by atoms with Crippen LogP contribution in [0.1, 0.15) is 11.5 Å². The zero-order chi connectivity index (χ0) is 14.1. The quantitative estimate of drug-likeness (QED) is 0.668. The molecule has 0 saturated heterocycles. The van der Waals surface area contributed by atoms with Gasteiger partial charge >= 0.3 is 5.63 Å². The summed E-state index contributed by atoms with van der Waals surface area (Å²) in [7, 11) is 0. The smallest absolute Gasteiger partial charge is 0.336 e. The number of aromatic nitrogens is 2. The van der Waals surface area contributed by atoms with E-state index in [0.29, 0.717) is 23.0 Å². The van der Waals surface area contributed by atoms with Crippen LogP contribution in [0.25, 0.3) is 11.0 Å². The molecule has 0 spiro atoms. The number of fused-ring (bicyclic) bond motifs is 1. The van der Waals surface area contributed by atoms with Gasteiger partial charge in [-0.3, -0.25) is 0 Å². The van der Waals surface area contributed by atoms with E-state index in [0.717, 1.165) is 11.1 Å². The summed E-state index contributed by atoms with van der Waals surface area (Å²) >= 11 is 0. The molecular weight excluding hydrogens is 256 g/mol. The van der Waals surface area contributed by atoms with Crippen LogP contribution in [0, 0.1) is 13.8 Å². The first-order chi connectivity index (χ1) is 9.60. The molecule has 0 saturated carbocycles. The monoisotopic (exact) mass is 268 g/mol. The number of nitrogens with zero attached hydrogens (tertiary/aromatic N) is 2. The van der Waals surface area contributed by atoms with E-state index in [1.807, 2.05) is 13.0 Å². The molecule has 3 aromatic rings. The molecule has 5 nitrogen and oxygen atoms in total. The van der Waals surface area contributed by atoms with Crippen LogP contribution in [-0.2, 0) is 0 Å². The Morgan fingerprint density at radius 3 is 2.65 bits per heavy atom. The fraction of sp³-hybridized carbons (Fsp3) is 0.133. The lowest BCUT2D eigenvalue weighted by molar-refractivity contribution is 0.457. The van der Waals surface area contributed by atoms with Crippen LogP contribution in [0.15, 0.2) is 45.6 Å². The molecule has 100 valence electrons. The van der Waals surface area contributed by atoms with Crippen LogP contribution in [-0.4, -0.2) is 9.97 Å². The van der Waals surface area contributed by atoms with E-state index >= 15 is 0 Å². The van der Waals surface area contributed by atoms with Crippen molar-refractivity contribution in [2.24, 2.45) is 0 Å². The van der Waals surface area contributed by atoms with Crippen molar-refractivity contribution in [2.45, 2.75) is 13.8 Å². The lowest BCUT2D eigenvalue weighted by Crippen LogP contribution is -1.96. The molecule has 0 aliphatic carbocycles. The molecule has 0 aliphatic heterocycles. The minimum absolute atomic E-state index is 0.386. The van der Waals surface area contributed by atoms with Crippen molar-refractivity contribution < 1.29 is 9.15 Å². The molecule has 0 radical (unpaired) electrons. The molecule has 0 unspecified atom stereocenters. The number of benzene rings is 1. The summed E-state index contributed by atoms with van der Waals surface area (Å²) in [5.41, 5.74) is 0.931. The number of hydrogen-bond acceptors (Lipinski definition) is 5. The van der Waals surface area contributed by atoms with E-state index in [2.05, 4.69) is 9.97 Å². The minimum Gasteiger partial charge on any atom is -0.439 e. The van der Waals surface area contributed by atoms with Gasteiger partial charge in [-0.05, 0) is 32.0 Å². The number of rotatable bonds is 2. The molecule has 5 heteroatoms. The average Bonchev–Trinajstić information content (AvgIpc) is 2.37. The maximum absolute atomic E-state index is 11.2. The van der Waals surface area contributed by atoms with Crippen LogP contribution >= 0.6 is 0 Å². The Hall–Kier alpha value is -2.69. The average molecular weight is 268 g/mol. The van der Waals surface area contributed by atoms with E-state index < -0.39 is 0 Å². The molecule has 2 aromatic heterocycles. The first-order valence-corrected chi connectivity index (χ1v) is 6.14. The largest absolute Gasteiger partial charge is 0.439 e. The Kier molecular flexibility index (Phi) is 2.95. The highest BCUT2D eigenvalue weighted by molar-refractivity contribution is 5.77. The van der Waals surface area contributed by atoms with Crippen molar-refractivity contribution in [3.8, 4) is 11.6 Å². The van der Waals surface area contributed by atoms with E-state index in [1.54, 1.807) is 31.2 Å². The van der Waals surface area contributed by atoms with Crippen LogP contribution < -0.4 is 10.4 Å². The van der Waals surface area contributed by atoms with Crippen molar-refractivity contribution in [3.05, 3.63) is 58.3 Å². The van der Waals surface area contributed by atoms with Crippen LogP contribution in [0.5, 0.6) is 11.6 Å². The second-order valence-corrected chi connectivity index (χ2v) is 4.45. The van der Waals surface area contributed by atoms with Crippen molar-refractivity contribution >= 4 is 11.0 Å². The fourth-order valence-electron chi connectivity index (χ4n) is 1.96. The molecule has 0 aliphatic rings. The van der Waals surface area contributed by atoms with Crippen molar-refractivity contribution in [1.29, 1.82) is 0 Å². The summed E-state index contributed by atoms with van der Waals surface area (Å²) in [5, 5.41) is 0.840. The van der Waals surface area contributed by atoms with Gasteiger partial charge in [0.05, 0.1) is 0 Å². The molecular formula is C15H12N2O3. The van der Waals surface area contributed by atoms with Crippen LogP contribution in [0.2, 0.25) is 0 Å². The third-order valence-corrected chi connectivity index (χ3v) is 2.76. The molecule has 3 rings (SSSR count). The summed E-state index contributed by atoms with van der Waals surface area (Å²) in [6.07, 6.45) is 0. The minimum atomic E-state index is -0.386. The van der Waals surface area contributed by atoms with Crippen LogP contribution in [0.3, 0.4) is 0 Å². The second kappa shape index (κ2) is 4.77. The van der Waals surface area contributed by atoms with Crippen molar-refractivity contribution in [2.75, 3.05) is 0 Å². The Bertz CT molecular complexity index is 820. The highest BCUT2D eigenvalue weighted by Gasteiger charge is 2.04.